The molecule has 3 aliphatic rings. The highest BCUT2D eigenvalue weighted by Crippen LogP contribution is 2.20. The number of nitrogens with zero attached hydrogens (tertiary/aromatic N) is 1. The predicted molar refractivity (Wildman–Crippen MR) is 110 cm³/mol. The standard InChI is InChI=1S/C20H36N4O2.ClH/c1-15(19(25)23-17-8-3-2-4-9-17)24-12-6-7-16(14-24)13-22-20(26)18-10-5-11-21-18;/h15-18,21H,2-14H2,1H3,(H,22,26)(H,23,25);1H. The maximum atomic E-state index is 12.6. The van der Waals surface area contributed by atoms with Gasteiger partial charge in [-0.15, -0.1) is 12.4 Å². The zero-order chi connectivity index (χ0) is 18.4. The summed E-state index contributed by atoms with van der Waals surface area (Å²) in [6.07, 6.45) is 10.3. The Kier molecular flexibility index (Phi) is 9.33. The van der Waals surface area contributed by atoms with E-state index in [0.29, 0.717) is 12.0 Å². The Morgan fingerprint density at radius 3 is 2.56 bits per heavy atom. The molecule has 0 aromatic heterocycles. The maximum absolute atomic E-state index is 12.6. The first-order valence-electron chi connectivity index (χ1n) is 10.7. The van der Waals surface area contributed by atoms with Crippen LogP contribution in [0.15, 0.2) is 0 Å². The van der Waals surface area contributed by atoms with Crippen LogP contribution < -0.4 is 16.0 Å². The summed E-state index contributed by atoms with van der Waals surface area (Å²) in [5.74, 6) is 0.762. The molecule has 0 aromatic carbocycles. The van der Waals surface area contributed by atoms with E-state index in [-0.39, 0.29) is 36.3 Å². The van der Waals surface area contributed by atoms with Crippen molar-refractivity contribution in [3.63, 3.8) is 0 Å². The van der Waals surface area contributed by atoms with Crippen LogP contribution in [-0.2, 0) is 9.59 Å². The number of halogens is 1. The van der Waals surface area contributed by atoms with E-state index < -0.39 is 0 Å². The number of nitrogens with one attached hydrogen (secondary N) is 3. The molecule has 2 amide bonds. The van der Waals surface area contributed by atoms with Crippen molar-refractivity contribution in [1.82, 2.24) is 20.9 Å². The molecule has 0 radical (unpaired) electrons. The van der Waals surface area contributed by atoms with Crippen molar-refractivity contribution in [2.75, 3.05) is 26.2 Å². The molecule has 3 fully saturated rings. The highest BCUT2D eigenvalue weighted by atomic mass is 35.5. The van der Waals surface area contributed by atoms with Crippen molar-refractivity contribution in [3.8, 4) is 0 Å². The number of carbonyl (C=O) groups is 2. The molecule has 3 atom stereocenters. The van der Waals surface area contributed by atoms with E-state index in [4.69, 9.17) is 0 Å². The van der Waals surface area contributed by atoms with Crippen molar-refractivity contribution in [3.05, 3.63) is 0 Å². The van der Waals surface area contributed by atoms with Crippen molar-refractivity contribution >= 4 is 24.2 Å². The second-order valence-corrected chi connectivity index (χ2v) is 8.42. The highest BCUT2D eigenvalue weighted by Gasteiger charge is 2.29. The van der Waals surface area contributed by atoms with Crippen molar-refractivity contribution in [2.24, 2.45) is 5.92 Å². The lowest BCUT2D eigenvalue weighted by Crippen LogP contribution is -2.52. The van der Waals surface area contributed by atoms with Crippen molar-refractivity contribution in [2.45, 2.75) is 82.8 Å². The summed E-state index contributed by atoms with van der Waals surface area (Å²) in [6, 6.07) is 0.291. The Hall–Kier alpha value is -0.850. The SMILES string of the molecule is CC(C(=O)NC1CCCCC1)N1CCCC(CNC(=O)C2CCCN2)C1.Cl. The van der Waals surface area contributed by atoms with Crippen molar-refractivity contribution < 1.29 is 9.59 Å². The molecule has 1 aliphatic carbocycles. The van der Waals surface area contributed by atoms with Crippen molar-refractivity contribution in [1.29, 1.82) is 0 Å². The van der Waals surface area contributed by atoms with Gasteiger partial charge in [0.1, 0.15) is 0 Å². The maximum Gasteiger partial charge on any atom is 0.237 e. The summed E-state index contributed by atoms with van der Waals surface area (Å²) in [4.78, 5) is 27.1. The summed E-state index contributed by atoms with van der Waals surface area (Å²) in [7, 11) is 0. The van der Waals surface area contributed by atoms with Gasteiger partial charge >= 0.3 is 0 Å². The van der Waals surface area contributed by atoms with Crippen LogP contribution in [0.2, 0.25) is 0 Å². The van der Waals surface area contributed by atoms with E-state index in [1.54, 1.807) is 0 Å². The molecule has 3 rings (SSSR count). The van der Waals surface area contributed by atoms with Crippen LogP contribution in [0, 0.1) is 5.92 Å². The van der Waals surface area contributed by atoms with Crippen LogP contribution in [0.25, 0.3) is 0 Å². The molecule has 2 aliphatic heterocycles. The third-order valence-corrected chi connectivity index (χ3v) is 6.37. The molecular formula is C20H37ClN4O2. The summed E-state index contributed by atoms with van der Waals surface area (Å²) in [6.45, 7) is 5.58. The molecule has 6 nitrogen and oxygen atoms in total. The largest absolute Gasteiger partial charge is 0.354 e. The molecule has 156 valence electrons. The summed E-state index contributed by atoms with van der Waals surface area (Å²) in [5, 5.41) is 9.63. The fourth-order valence-electron chi connectivity index (χ4n) is 4.63. The number of carbonyl (C=O) groups excluding carboxylic acids is 2. The van der Waals surface area contributed by atoms with Crippen LogP contribution in [-0.4, -0.2) is 61.0 Å². The molecular weight excluding hydrogens is 364 g/mol. The van der Waals surface area contributed by atoms with Gasteiger partial charge in [0.15, 0.2) is 0 Å². The van der Waals surface area contributed by atoms with Gasteiger partial charge in [-0.2, -0.15) is 0 Å². The lowest BCUT2D eigenvalue weighted by Gasteiger charge is -2.37. The second-order valence-electron chi connectivity index (χ2n) is 8.42. The third kappa shape index (κ3) is 6.61. The molecule has 7 heteroatoms. The number of amides is 2. The Morgan fingerprint density at radius 2 is 1.85 bits per heavy atom. The van der Waals surface area contributed by atoms with E-state index >= 15 is 0 Å². The predicted octanol–water partition coefficient (Wildman–Crippen LogP) is 1.83. The number of hydrogen-bond acceptors (Lipinski definition) is 4. The molecule has 0 bridgehead atoms. The molecule has 3 N–H and O–H groups in total. The van der Waals surface area contributed by atoms with E-state index in [1.165, 1.54) is 19.3 Å². The molecule has 2 heterocycles. The van der Waals surface area contributed by atoms with Gasteiger partial charge in [0.05, 0.1) is 12.1 Å². The third-order valence-electron chi connectivity index (χ3n) is 6.37. The van der Waals surface area contributed by atoms with Gasteiger partial charge in [0.25, 0.3) is 0 Å². The number of piperidine rings is 1. The Bertz CT molecular complexity index is 479. The molecule has 3 unspecified atom stereocenters. The Morgan fingerprint density at radius 1 is 1.07 bits per heavy atom. The summed E-state index contributed by atoms with van der Waals surface area (Å²) in [5.41, 5.74) is 0. The van der Waals surface area contributed by atoms with Crippen LogP contribution in [0.4, 0.5) is 0 Å². The van der Waals surface area contributed by atoms with Gasteiger partial charge < -0.3 is 16.0 Å². The molecule has 0 spiro atoms. The first-order valence-corrected chi connectivity index (χ1v) is 10.7. The first kappa shape index (κ1) is 22.4. The summed E-state index contributed by atoms with van der Waals surface area (Å²) < 4.78 is 0. The number of rotatable bonds is 6. The normalized spacial score (nSPS) is 28.2. The minimum absolute atomic E-state index is 0. The molecule has 2 saturated heterocycles. The zero-order valence-corrected chi connectivity index (χ0v) is 17.5. The van der Waals surface area contributed by atoms with Crippen LogP contribution in [0.5, 0.6) is 0 Å². The smallest absolute Gasteiger partial charge is 0.237 e. The quantitative estimate of drug-likeness (QED) is 0.636. The van der Waals surface area contributed by atoms with Gasteiger partial charge in [-0.1, -0.05) is 19.3 Å². The highest BCUT2D eigenvalue weighted by molar-refractivity contribution is 5.85. The Balaban J connectivity index is 0.00000261. The molecule has 27 heavy (non-hydrogen) atoms. The summed E-state index contributed by atoms with van der Waals surface area (Å²) >= 11 is 0. The lowest BCUT2D eigenvalue weighted by atomic mass is 9.94. The fraction of sp³-hybridized carbons (Fsp3) is 0.900. The zero-order valence-electron chi connectivity index (χ0n) is 16.7. The topological polar surface area (TPSA) is 73.5 Å². The van der Waals surface area contributed by atoms with Crippen LogP contribution in [0.1, 0.15) is 64.7 Å². The fourth-order valence-corrected chi connectivity index (χ4v) is 4.63. The second kappa shape index (κ2) is 11.2. The first-order chi connectivity index (χ1) is 12.6. The van der Waals surface area contributed by atoms with Crippen LogP contribution >= 0.6 is 12.4 Å². The van der Waals surface area contributed by atoms with E-state index in [0.717, 1.165) is 64.7 Å². The van der Waals surface area contributed by atoms with Gasteiger partial charge in [-0.05, 0) is 64.5 Å². The molecule has 1 saturated carbocycles. The van der Waals surface area contributed by atoms with Gasteiger partial charge in [0, 0.05) is 19.1 Å². The van der Waals surface area contributed by atoms with Gasteiger partial charge in [-0.25, -0.2) is 0 Å². The number of hydrogen-bond donors (Lipinski definition) is 3. The van der Waals surface area contributed by atoms with E-state index in [9.17, 15) is 9.59 Å². The Labute approximate surface area is 170 Å². The lowest BCUT2D eigenvalue weighted by molar-refractivity contribution is -0.128. The minimum Gasteiger partial charge on any atom is -0.354 e. The van der Waals surface area contributed by atoms with Gasteiger partial charge in [-0.3, -0.25) is 14.5 Å². The average molecular weight is 401 g/mol. The number of likely N-dealkylation sites (tertiary alicyclic amines) is 1. The van der Waals surface area contributed by atoms with Gasteiger partial charge in [0.2, 0.25) is 11.8 Å². The minimum atomic E-state index is -0.0769. The van der Waals surface area contributed by atoms with E-state index in [1.807, 2.05) is 6.92 Å². The van der Waals surface area contributed by atoms with E-state index in [2.05, 4.69) is 20.9 Å². The van der Waals surface area contributed by atoms with Crippen LogP contribution in [0.3, 0.4) is 0 Å². The average Bonchev–Trinajstić information content (AvgIpc) is 3.21. The monoisotopic (exact) mass is 400 g/mol. The molecule has 0 aromatic rings.